The van der Waals surface area contributed by atoms with Crippen molar-refractivity contribution in [3.63, 3.8) is 0 Å². The number of furan rings is 1. The molecule has 0 spiro atoms. The van der Waals surface area contributed by atoms with Gasteiger partial charge in [-0.3, -0.25) is 10.1 Å². The minimum Gasteiger partial charge on any atom is -0.462 e. The summed E-state index contributed by atoms with van der Waals surface area (Å²) in [6.45, 7) is 1.80. The number of nitrogens with one attached hydrogen (secondary N) is 1. The molecule has 2 heterocycles. The molecule has 26 heavy (non-hydrogen) atoms. The van der Waals surface area contributed by atoms with Crippen LogP contribution in [0.3, 0.4) is 0 Å². The van der Waals surface area contributed by atoms with Gasteiger partial charge >= 0.3 is 0 Å². The zero-order valence-electron chi connectivity index (χ0n) is 13.8. The summed E-state index contributed by atoms with van der Waals surface area (Å²) in [5, 5.41) is 12.3. The van der Waals surface area contributed by atoms with Gasteiger partial charge in [-0.1, -0.05) is 28.1 Å². The average Bonchev–Trinajstić information content (AvgIpc) is 3.23. The highest BCUT2D eigenvalue weighted by atomic mass is 79.9. The van der Waals surface area contributed by atoms with Crippen molar-refractivity contribution in [1.82, 2.24) is 4.98 Å². The number of benzene rings is 1. The molecule has 3 aromatic rings. The molecule has 0 fully saturated rings. The van der Waals surface area contributed by atoms with Crippen LogP contribution in [0.15, 0.2) is 57.1 Å². The first-order valence-electron chi connectivity index (χ1n) is 7.72. The first kappa shape index (κ1) is 18.1. The molecule has 7 heteroatoms. The summed E-state index contributed by atoms with van der Waals surface area (Å²) in [5.74, 6) is 0.668. The highest BCUT2D eigenvalue weighted by molar-refractivity contribution is 9.10. The first-order chi connectivity index (χ1) is 12.5. The molecule has 2 aromatic heterocycles. The van der Waals surface area contributed by atoms with E-state index >= 15 is 0 Å². The summed E-state index contributed by atoms with van der Waals surface area (Å²) in [6.07, 6.45) is 3.88. The molecule has 5 nitrogen and oxygen atoms in total. The maximum Gasteiger partial charge on any atom is 0.268 e. The van der Waals surface area contributed by atoms with E-state index in [1.807, 2.05) is 30.3 Å². The minimum absolute atomic E-state index is 0.0380. The summed E-state index contributed by atoms with van der Waals surface area (Å²) in [5.41, 5.74) is 1.12. The lowest BCUT2D eigenvalue weighted by Gasteiger charge is -2.00. The standard InChI is InChI=1S/C19H14BrN3O2S/c1-12-2-7-16(25-12)9-14(10-21)18(24)23-19-22-11-17(26-19)8-13-3-5-15(20)6-4-13/h2-7,9,11H,8H2,1H3,(H,22,23,24)/b14-9+. The molecule has 0 saturated carbocycles. The molecule has 0 atom stereocenters. The molecule has 3 rings (SSSR count). The molecule has 0 bridgehead atoms. The third-order valence-corrected chi connectivity index (χ3v) is 4.92. The van der Waals surface area contributed by atoms with Crippen LogP contribution >= 0.6 is 27.3 Å². The van der Waals surface area contributed by atoms with Crippen LogP contribution < -0.4 is 5.32 Å². The van der Waals surface area contributed by atoms with Crippen molar-refractivity contribution in [2.45, 2.75) is 13.3 Å². The lowest BCUT2D eigenvalue weighted by molar-refractivity contribution is -0.112. The third-order valence-electron chi connectivity index (χ3n) is 3.48. The van der Waals surface area contributed by atoms with Crippen LogP contribution in [-0.2, 0) is 11.2 Å². The van der Waals surface area contributed by atoms with Crippen LogP contribution in [0.4, 0.5) is 5.13 Å². The van der Waals surface area contributed by atoms with E-state index < -0.39 is 5.91 Å². The fourth-order valence-corrected chi connectivity index (χ4v) is 3.34. The number of nitrogens with zero attached hydrogens (tertiary/aromatic N) is 2. The molecule has 1 aromatic carbocycles. The number of aromatic nitrogens is 1. The Morgan fingerprint density at radius 2 is 2.12 bits per heavy atom. The fourth-order valence-electron chi connectivity index (χ4n) is 2.24. The number of amides is 1. The normalized spacial score (nSPS) is 11.2. The minimum atomic E-state index is -0.508. The molecular formula is C19H14BrN3O2S. The maximum absolute atomic E-state index is 12.3. The number of anilines is 1. The van der Waals surface area contributed by atoms with Crippen molar-refractivity contribution in [2.24, 2.45) is 0 Å². The first-order valence-corrected chi connectivity index (χ1v) is 9.33. The van der Waals surface area contributed by atoms with Crippen molar-refractivity contribution in [1.29, 1.82) is 5.26 Å². The quantitative estimate of drug-likeness (QED) is 0.461. The van der Waals surface area contributed by atoms with E-state index in [-0.39, 0.29) is 5.57 Å². The van der Waals surface area contributed by atoms with E-state index in [4.69, 9.17) is 4.42 Å². The zero-order valence-corrected chi connectivity index (χ0v) is 16.2. The van der Waals surface area contributed by atoms with Crippen LogP contribution in [0.1, 0.15) is 22.0 Å². The number of nitriles is 1. The van der Waals surface area contributed by atoms with Gasteiger partial charge in [-0.2, -0.15) is 5.26 Å². The van der Waals surface area contributed by atoms with Crippen LogP contribution in [0.25, 0.3) is 6.08 Å². The van der Waals surface area contributed by atoms with Gasteiger partial charge in [0.1, 0.15) is 23.2 Å². The Hall–Kier alpha value is -2.69. The van der Waals surface area contributed by atoms with Gasteiger partial charge in [-0.15, -0.1) is 11.3 Å². The second-order valence-electron chi connectivity index (χ2n) is 5.51. The molecule has 1 amide bonds. The molecule has 0 radical (unpaired) electrons. The van der Waals surface area contributed by atoms with Crippen molar-refractivity contribution in [3.8, 4) is 6.07 Å². The smallest absolute Gasteiger partial charge is 0.268 e. The predicted molar refractivity (Wildman–Crippen MR) is 105 cm³/mol. The number of hydrogen-bond donors (Lipinski definition) is 1. The Morgan fingerprint density at radius 3 is 2.77 bits per heavy atom. The molecule has 0 aliphatic rings. The topological polar surface area (TPSA) is 78.9 Å². The van der Waals surface area contributed by atoms with Crippen LogP contribution in [0.2, 0.25) is 0 Å². The Labute approximate surface area is 163 Å². The summed E-state index contributed by atoms with van der Waals surface area (Å²) in [4.78, 5) is 17.5. The van der Waals surface area contributed by atoms with Crippen molar-refractivity contribution in [2.75, 3.05) is 5.32 Å². The summed E-state index contributed by atoms with van der Waals surface area (Å²) in [6, 6.07) is 13.4. The third kappa shape index (κ3) is 4.69. The maximum atomic E-state index is 12.3. The van der Waals surface area contributed by atoms with Gasteiger partial charge < -0.3 is 4.42 Å². The van der Waals surface area contributed by atoms with Crippen LogP contribution in [-0.4, -0.2) is 10.9 Å². The summed E-state index contributed by atoms with van der Waals surface area (Å²) >= 11 is 4.80. The molecule has 0 unspecified atom stereocenters. The predicted octanol–water partition coefficient (Wildman–Crippen LogP) is 4.94. The fraction of sp³-hybridized carbons (Fsp3) is 0.105. The van der Waals surface area contributed by atoms with Gasteiger partial charge in [0.2, 0.25) is 0 Å². The van der Waals surface area contributed by atoms with Crippen molar-refractivity contribution >= 4 is 44.4 Å². The Bertz CT molecular complexity index is 996. The van der Waals surface area contributed by atoms with Crippen LogP contribution in [0, 0.1) is 18.3 Å². The van der Waals surface area contributed by atoms with Gasteiger partial charge in [0.25, 0.3) is 5.91 Å². The highest BCUT2D eigenvalue weighted by Gasteiger charge is 2.13. The number of halogens is 1. The summed E-state index contributed by atoms with van der Waals surface area (Å²) in [7, 11) is 0. The van der Waals surface area contributed by atoms with Crippen molar-refractivity contribution < 1.29 is 9.21 Å². The molecule has 1 N–H and O–H groups in total. The molecule has 0 aliphatic carbocycles. The monoisotopic (exact) mass is 427 g/mol. The molecule has 0 saturated heterocycles. The largest absolute Gasteiger partial charge is 0.462 e. The molecular weight excluding hydrogens is 414 g/mol. The number of thiazole rings is 1. The number of aryl methyl sites for hydroxylation is 1. The number of carbonyl (C=O) groups excluding carboxylic acids is 1. The van der Waals surface area contributed by atoms with Gasteiger partial charge in [0.05, 0.1) is 0 Å². The average molecular weight is 428 g/mol. The van der Waals surface area contributed by atoms with E-state index in [0.29, 0.717) is 16.7 Å². The zero-order chi connectivity index (χ0) is 18.5. The van der Waals surface area contributed by atoms with Gasteiger partial charge in [-0.05, 0) is 36.8 Å². The lowest BCUT2D eigenvalue weighted by atomic mass is 10.1. The van der Waals surface area contributed by atoms with Crippen LogP contribution in [0.5, 0.6) is 0 Å². The second-order valence-corrected chi connectivity index (χ2v) is 7.54. The highest BCUT2D eigenvalue weighted by Crippen LogP contribution is 2.23. The number of carbonyl (C=O) groups is 1. The van der Waals surface area contributed by atoms with E-state index in [0.717, 1.165) is 21.3 Å². The van der Waals surface area contributed by atoms with E-state index in [1.54, 1.807) is 25.3 Å². The summed E-state index contributed by atoms with van der Waals surface area (Å²) < 4.78 is 6.40. The molecule has 130 valence electrons. The Morgan fingerprint density at radius 1 is 1.35 bits per heavy atom. The lowest BCUT2D eigenvalue weighted by Crippen LogP contribution is -2.13. The van der Waals surface area contributed by atoms with Crippen molar-refractivity contribution in [3.05, 3.63) is 74.6 Å². The van der Waals surface area contributed by atoms with Gasteiger partial charge in [0.15, 0.2) is 5.13 Å². The SMILES string of the molecule is Cc1ccc(/C=C(\C#N)C(=O)Nc2ncc(Cc3ccc(Br)cc3)s2)o1. The van der Waals surface area contributed by atoms with Gasteiger partial charge in [-0.25, -0.2) is 4.98 Å². The molecule has 0 aliphatic heterocycles. The van der Waals surface area contributed by atoms with Gasteiger partial charge in [0, 0.05) is 28.0 Å². The number of rotatable bonds is 5. The Kier molecular flexibility index (Phi) is 5.66. The van der Waals surface area contributed by atoms with E-state index in [2.05, 4.69) is 26.2 Å². The van der Waals surface area contributed by atoms with E-state index in [9.17, 15) is 10.1 Å². The second kappa shape index (κ2) is 8.13. The van der Waals surface area contributed by atoms with E-state index in [1.165, 1.54) is 17.4 Å². The number of hydrogen-bond acceptors (Lipinski definition) is 5. The Balaban J connectivity index is 1.67.